The Hall–Kier alpha value is -2.30. The van der Waals surface area contributed by atoms with Gasteiger partial charge in [0.25, 0.3) is 0 Å². The molecular formula is C13H12O5. The molecule has 0 radical (unpaired) electrons. The highest BCUT2D eigenvalue weighted by molar-refractivity contribution is 5.87. The predicted octanol–water partition coefficient (Wildman–Crippen LogP) is 1.91. The maximum absolute atomic E-state index is 11.1. The Morgan fingerprint density at radius 2 is 2.17 bits per heavy atom. The Kier molecular flexibility index (Phi) is 3.32. The van der Waals surface area contributed by atoms with E-state index in [1.165, 1.54) is 14.0 Å². The van der Waals surface area contributed by atoms with Gasteiger partial charge in [-0.2, -0.15) is 0 Å². The summed E-state index contributed by atoms with van der Waals surface area (Å²) in [7, 11) is 1.53. The molecule has 0 fully saturated rings. The van der Waals surface area contributed by atoms with E-state index in [1.807, 2.05) is 0 Å². The summed E-state index contributed by atoms with van der Waals surface area (Å²) in [6.45, 7) is 1.31. The highest BCUT2D eigenvalue weighted by Gasteiger charge is 2.20. The number of benzene rings is 1. The van der Waals surface area contributed by atoms with Crippen LogP contribution in [0.1, 0.15) is 18.9 Å². The quantitative estimate of drug-likeness (QED) is 0.604. The minimum absolute atomic E-state index is 0.214. The van der Waals surface area contributed by atoms with E-state index in [1.54, 1.807) is 24.3 Å². The first-order valence-corrected chi connectivity index (χ1v) is 5.38. The van der Waals surface area contributed by atoms with Crippen molar-refractivity contribution in [2.45, 2.75) is 13.3 Å². The van der Waals surface area contributed by atoms with Gasteiger partial charge in [-0.05, 0) is 24.3 Å². The number of esters is 2. The Morgan fingerprint density at radius 3 is 2.72 bits per heavy atom. The molecule has 1 aliphatic heterocycles. The molecule has 0 amide bonds. The van der Waals surface area contributed by atoms with E-state index < -0.39 is 5.97 Å². The standard InChI is InChI=1S/C13H12O5/c1-8(14)17-11-4-3-9(16-2)7-10(11)12-5-6-13(15)18-12/h3-5,7H,6H2,1-2H3. The molecule has 1 aliphatic rings. The third kappa shape index (κ3) is 2.51. The monoisotopic (exact) mass is 248 g/mol. The van der Waals surface area contributed by atoms with Crippen molar-refractivity contribution in [3.05, 3.63) is 29.8 Å². The third-order valence-corrected chi connectivity index (χ3v) is 2.38. The summed E-state index contributed by atoms with van der Waals surface area (Å²) in [5, 5.41) is 0. The second kappa shape index (κ2) is 4.91. The van der Waals surface area contributed by atoms with Gasteiger partial charge in [-0.25, -0.2) is 0 Å². The van der Waals surface area contributed by atoms with Crippen LogP contribution in [0.5, 0.6) is 11.5 Å². The number of rotatable bonds is 3. The van der Waals surface area contributed by atoms with Crippen molar-refractivity contribution in [1.82, 2.24) is 0 Å². The van der Waals surface area contributed by atoms with Gasteiger partial charge < -0.3 is 14.2 Å². The molecule has 94 valence electrons. The summed E-state index contributed by atoms with van der Waals surface area (Å²) in [5.41, 5.74) is 0.524. The molecule has 0 spiro atoms. The third-order valence-electron chi connectivity index (χ3n) is 2.38. The van der Waals surface area contributed by atoms with Crippen LogP contribution in [0.4, 0.5) is 0 Å². The lowest BCUT2D eigenvalue weighted by atomic mass is 10.1. The van der Waals surface area contributed by atoms with E-state index in [-0.39, 0.29) is 12.4 Å². The highest BCUT2D eigenvalue weighted by atomic mass is 16.6. The molecule has 0 bridgehead atoms. The lowest BCUT2D eigenvalue weighted by Gasteiger charge is -2.11. The molecule has 1 aromatic carbocycles. The SMILES string of the molecule is COc1ccc(OC(C)=O)c(C2=CCC(=O)O2)c1. The number of hydrogen-bond donors (Lipinski definition) is 0. The van der Waals surface area contributed by atoms with Gasteiger partial charge in [0.05, 0.1) is 19.1 Å². The van der Waals surface area contributed by atoms with Gasteiger partial charge in [-0.15, -0.1) is 0 Å². The smallest absolute Gasteiger partial charge is 0.315 e. The Morgan fingerprint density at radius 1 is 1.39 bits per heavy atom. The Balaban J connectivity index is 2.41. The number of cyclic esters (lactones) is 1. The Labute approximate surface area is 104 Å². The van der Waals surface area contributed by atoms with E-state index in [0.29, 0.717) is 22.8 Å². The molecule has 0 unspecified atom stereocenters. The van der Waals surface area contributed by atoms with E-state index in [4.69, 9.17) is 14.2 Å². The molecule has 0 saturated heterocycles. The number of hydrogen-bond acceptors (Lipinski definition) is 5. The van der Waals surface area contributed by atoms with Crippen LogP contribution in [0, 0.1) is 0 Å². The van der Waals surface area contributed by atoms with Gasteiger partial charge in [-0.1, -0.05) is 0 Å². The summed E-state index contributed by atoms with van der Waals surface area (Å²) >= 11 is 0. The first-order chi connectivity index (χ1) is 8.60. The summed E-state index contributed by atoms with van der Waals surface area (Å²) < 4.78 is 15.2. The van der Waals surface area contributed by atoms with Crippen LogP contribution in [0.25, 0.3) is 5.76 Å². The van der Waals surface area contributed by atoms with Crippen molar-refractivity contribution in [3.8, 4) is 11.5 Å². The molecule has 0 saturated carbocycles. The van der Waals surface area contributed by atoms with Crippen LogP contribution in [0.3, 0.4) is 0 Å². The maximum atomic E-state index is 11.1. The number of ether oxygens (including phenoxy) is 3. The van der Waals surface area contributed by atoms with Crippen molar-refractivity contribution >= 4 is 17.7 Å². The predicted molar refractivity (Wildman–Crippen MR) is 63.0 cm³/mol. The first kappa shape index (κ1) is 12.2. The average Bonchev–Trinajstić information content (AvgIpc) is 2.75. The first-order valence-electron chi connectivity index (χ1n) is 5.38. The summed E-state index contributed by atoms with van der Waals surface area (Å²) in [6, 6.07) is 4.92. The molecular weight excluding hydrogens is 236 g/mol. The van der Waals surface area contributed by atoms with Crippen LogP contribution >= 0.6 is 0 Å². The zero-order chi connectivity index (χ0) is 13.1. The maximum Gasteiger partial charge on any atom is 0.315 e. The summed E-state index contributed by atoms with van der Waals surface area (Å²) in [6.07, 6.45) is 1.86. The molecule has 1 heterocycles. The Bertz CT molecular complexity index is 530. The molecule has 1 aromatic rings. The van der Waals surface area contributed by atoms with E-state index >= 15 is 0 Å². The minimum Gasteiger partial charge on any atom is -0.497 e. The van der Waals surface area contributed by atoms with Gasteiger partial charge in [0.15, 0.2) is 0 Å². The molecule has 18 heavy (non-hydrogen) atoms. The van der Waals surface area contributed by atoms with Gasteiger partial charge in [0.2, 0.25) is 0 Å². The molecule has 0 aromatic heterocycles. The van der Waals surface area contributed by atoms with Crippen molar-refractivity contribution in [2.75, 3.05) is 7.11 Å². The van der Waals surface area contributed by atoms with Crippen LogP contribution in [-0.2, 0) is 14.3 Å². The van der Waals surface area contributed by atoms with Gasteiger partial charge in [-0.3, -0.25) is 9.59 Å². The zero-order valence-corrected chi connectivity index (χ0v) is 10.1. The molecule has 2 rings (SSSR count). The van der Waals surface area contributed by atoms with Crippen LogP contribution in [0.15, 0.2) is 24.3 Å². The van der Waals surface area contributed by atoms with Crippen molar-refractivity contribution < 1.29 is 23.8 Å². The summed E-state index contributed by atoms with van der Waals surface area (Å²) in [5.74, 6) is 0.539. The fraction of sp³-hybridized carbons (Fsp3) is 0.231. The fourth-order valence-electron chi connectivity index (χ4n) is 1.62. The average molecular weight is 248 g/mol. The number of carbonyl (C=O) groups is 2. The minimum atomic E-state index is -0.439. The zero-order valence-electron chi connectivity index (χ0n) is 10.1. The second-order valence-corrected chi connectivity index (χ2v) is 3.70. The largest absolute Gasteiger partial charge is 0.497 e. The van der Waals surface area contributed by atoms with Gasteiger partial charge in [0, 0.05) is 6.92 Å². The van der Waals surface area contributed by atoms with Crippen molar-refractivity contribution in [1.29, 1.82) is 0 Å². The van der Waals surface area contributed by atoms with Crippen LogP contribution < -0.4 is 9.47 Å². The normalized spacial score (nSPS) is 13.9. The molecule has 5 heteroatoms. The fourth-order valence-corrected chi connectivity index (χ4v) is 1.62. The van der Waals surface area contributed by atoms with Crippen molar-refractivity contribution in [3.63, 3.8) is 0 Å². The van der Waals surface area contributed by atoms with Crippen molar-refractivity contribution in [2.24, 2.45) is 0 Å². The lowest BCUT2D eigenvalue weighted by molar-refractivity contribution is -0.134. The summed E-state index contributed by atoms with van der Waals surface area (Å²) in [4.78, 5) is 22.1. The van der Waals surface area contributed by atoms with E-state index in [2.05, 4.69) is 0 Å². The molecule has 5 nitrogen and oxygen atoms in total. The topological polar surface area (TPSA) is 61.8 Å². The van der Waals surface area contributed by atoms with Gasteiger partial charge in [0.1, 0.15) is 17.3 Å². The molecule has 0 aliphatic carbocycles. The van der Waals surface area contributed by atoms with Gasteiger partial charge >= 0.3 is 11.9 Å². The van der Waals surface area contributed by atoms with Crippen LogP contribution in [-0.4, -0.2) is 19.0 Å². The number of methoxy groups -OCH3 is 1. The van der Waals surface area contributed by atoms with Crippen LogP contribution in [0.2, 0.25) is 0 Å². The van der Waals surface area contributed by atoms with E-state index in [0.717, 1.165) is 0 Å². The molecule has 0 atom stereocenters. The molecule has 0 N–H and O–H groups in total. The number of carbonyl (C=O) groups excluding carboxylic acids is 2. The second-order valence-electron chi connectivity index (χ2n) is 3.70. The lowest BCUT2D eigenvalue weighted by Crippen LogP contribution is -2.04. The van der Waals surface area contributed by atoms with E-state index in [9.17, 15) is 9.59 Å². The highest BCUT2D eigenvalue weighted by Crippen LogP contribution is 2.33.